The average Bonchev–Trinajstić information content (AvgIpc) is 2.93. The second kappa shape index (κ2) is 5.74. The molecule has 0 spiro atoms. The SMILES string of the molecule is CCOc1cccc(NCc2ccc3c(c2)OCO3)c1. The Bertz CT molecular complexity index is 598. The van der Waals surface area contributed by atoms with Crippen LogP contribution in [0.1, 0.15) is 12.5 Å². The van der Waals surface area contributed by atoms with E-state index in [0.29, 0.717) is 13.4 Å². The number of benzene rings is 2. The lowest BCUT2D eigenvalue weighted by atomic mass is 10.2. The van der Waals surface area contributed by atoms with Crippen LogP contribution in [0.2, 0.25) is 0 Å². The van der Waals surface area contributed by atoms with Gasteiger partial charge >= 0.3 is 0 Å². The van der Waals surface area contributed by atoms with Crippen LogP contribution in [0.4, 0.5) is 5.69 Å². The fraction of sp³-hybridized carbons (Fsp3) is 0.250. The maximum atomic E-state index is 5.48. The van der Waals surface area contributed by atoms with Crippen molar-refractivity contribution in [3.63, 3.8) is 0 Å². The normalized spacial score (nSPS) is 12.2. The molecule has 1 N–H and O–H groups in total. The zero-order valence-electron chi connectivity index (χ0n) is 11.4. The van der Waals surface area contributed by atoms with Gasteiger partial charge in [-0.25, -0.2) is 0 Å². The number of nitrogens with one attached hydrogen (secondary N) is 1. The minimum atomic E-state index is 0.308. The van der Waals surface area contributed by atoms with Crippen LogP contribution in [-0.2, 0) is 6.54 Å². The number of hydrogen-bond acceptors (Lipinski definition) is 4. The summed E-state index contributed by atoms with van der Waals surface area (Å²) in [7, 11) is 0. The van der Waals surface area contributed by atoms with Gasteiger partial charge in [-0.1, -0.05) is 12.1 Å². The summed E-state index contributed by atoms with van der Waals surface area (Å²) in [6.07, 6.45) is 0. The van der Waals surface area contributed by atoms with E-state index in [4.69, 9.17) is 14.2 Å². The molecule has 2 aromatic carbocycles. The molecule has 4 nitrogen and oxygen atoms in total. The Morgan fingerprint density at radius 2 is 2.00 bits per heavy atom. The van der Waals surface area contributed by atoms with Gasteiger partial charge < -0.3 is 19.5 Å². The monoisotopic (exact) mass is 271 g/mol. The number of ether oxygens (including phenoxy) is 3. The van der Waals surface area contributed by atoms with E-state index >= 15 is 0 Å². The molecule has 0 fully saturated rings. The summed E-state index contributed by atoms with van der Waals surface area (Å²) in [6.45, 7) is 3.69. The Labute approximate surface area is 118 Å². The lowest BCUT2D eigenvalue weighted by Crippen LogP contribution is -2.00. The zero-order valence-corrected chi connectivity index (χ0v) is 11.4. The topological polar surface area (TPSA) is 39.7 Å². The van der Waals surface area contributed by atoms with Crippen LogP contribution in [0, 0.1) is 0 Å². The predicted octanol–water partition coefficient (Wildman–Crippen LogP) is 3.43. The summed E-state index contributed by atoms with van der Waals surface area (Å²) < 4.78 is 16.2. The minimum absolute atomic E-state index is 0.308. The summed E-state index contributed by atoms with van der Waals surface area (Å²) in [5.74, 6) is 2.50. The summed E-state index contributed by atoms with van der Waals surface area (Å²) in [5.41, 5.74) is 2.18. The van der Waals surface area contributed by atoms with E-state index in [1.54, 1.807) is 0 Å². The molecule has 2 aromatic rings. The highest BCUT2D eigenvalue weighted by Gasteiger charge is 2.12. The van der Waals surface area contributed by atoms with Gasteiger partial charge in [0.1, 0.15) is 5.75 Å². The summed E-state index contributed by atoms with van der Waals surface area (Å²) in [5, 5.41) is 3.37. The molecule has 0 atom stereocenters. The predicted molar refractivity (Wildman–Crippen MR) is 77.5 cm³/mol. The highest BCUT2D eigenvalue weighted by atomic mass is 16.7. The smallest absolute Gasteiger partial charge is 0.231 e. The molecule has 0 aromatic heterocycles. The first-order chi connectivity index (χ1) is 9.85. The van der Waals surface area contributed by atoms with Crippen LogP contribution in [0.5, 0.6) is 17.2 Å². The first-order valence-electron chi connectivity index (χ1n) is 6.70. The maximum Gasteiger partial charge on any atom is 0.231 e. The molecule has 0 saturated carbocycles. The van der Waals surface area contributed by atoms with Gasteiger partial charge in [0, 0.05) is 18.3 Å². The lowest BCUT2D eigenvalue weighted by molar-refractivity contribution is 0.174. The molecule has 0 radical (unpaired) electrons. The van der Waals surface area contributed by atoms with Crippen molar-refractivity contribution in [3.05, 3.63) is 48.0 Å². The Hall–Kier alpha value is -2.36. The maximum absolute atomic E-state index is 5.48. The number of anilines is 1. The molecule has 1 aliphatic rings. The van der Waals surface area contributed by atoms with Gasteiger partial charge in [0.15, 0.2) is 11.5 Å². The second-order valence-electron chi connectivity index (χ2n) is 4.50. The minimum Gasteiger partial charge on any atom is -0.494 e. The third-order valence-electron chi connectivity index (χ3n) is 3.08. The molecular weight excluding hydrogens is 254 g/mol. The summed E-state index contributed by atoms with van der Waals surface area (Å²) in [6, 6.07) is 13.9. The molecule has 1 heterocycles. The van der Waals surface area contributed by atoms with Gasteiger partial charge in [0.05, 0.1) is 6.61 Å². The third-order valence-corrected chi connectivity index (χ3v) is 3.08. The van der Waals surface area contributed by atoms with Crippen molar-refractivity contribution in [3.8, 4) is 17.2 Å². The van der Waals surface area contributed by atoms with E-state index in [2.05, 4.69) is 5.32 Å². The lowest BCUT2D eigenvalue weighted by Gasteiger charge is -2.09. The Morgan fingerprint density at radius 3 is 2.90 bits per heavy atom. The average molecular weight is 271 g/mol. The van der Waals surface area contributed by atoms with Crippen molar-refractivity contribution in [1.29, 1.82) is 0 Å². The van der Waals surface area contributed by atoms with Gasteiger partial charge in [-0.2, -0.15) is 0 Å². The van der Waals surface area contributed by atoms with Crippen molar-refractivity contribution in [1.82, 2.24) is 0 Å². The van der Waals surface area contributed by atoms with Crippen LogP contribution < -0.4 is 19.5 Å². The van der Waals surface area contributed by atoms with E-state index < -0.39 is 0 Å². The standard InChI is InChI=1S/C16H17NO3/c1-2-18-14-5-3-4-13(9-14)17-10-12-6-7-15-16(8-12)20-11-19-15/h3-9,17H,2,10-11H2,1H3. The van der Waals surface area contributed by atoms with Gasteiger partial charge in [-0.05, 0) is 36.8 Å². The fourth-order valence-corrected chi connectivity index (χ4v) is 2.12. The molecule has 20 heavy (non-hydrogen) atoms. The van der Waals surface area contributed by atoms with E-state index in [1.807, 2.05) is 49.4 Å². The first kappa shape index (κ1) is 12.7. The van der Waals surface area contributed by atoms with Gasteiger partial charge in [0.25, 0.3) is 0 Å². The molecule has 0 bridgehead atoms. The molecule has 0 unspecified atom stereocenters. The summed E-state index contributed by atoms with van der Waals surface area (Å²) >= 11 is 0. The molecule has 104 valence electrons. The number of hydrogen-bond donors (Lipinski definition) is 1. The van der Waals surface area contributed by atoms with Gasteiger partial charge in [-0.3, -0.25) is 0 Å². The van der Waals surface area contributed by atoms with Crippen LogP contribution in [0.25, 0.3) is 0 Å². The fourth-order valence-electron chi connectivity index (χ4n) is 2.12. The van der Waals surface area contributed by atoms with Crippen LogP contribution >= 0.6 is 0 Å². The number of fused-ring (bicyclic) bond motifs is 1. The first-order valence-corrected chi connectivity index (χ1v) is 6.70. The molecule has 3 rings (SSSR count). The van der Waals surface area contributed by atoms with Crippen molar-refractivity contribution >= 4 is 5.69 Å². The number of rotatable bonds is 5. The van der Waals surface area contributed by atoms with Crippen molar-refractivity contribution in [2.75, 3.05) is 18.7 Å². The molecule has 0 saturated heterocycles. The van der Waals surface area contributed by atoms with Crippen LogP contribution in [-0.4, -0.2) is 13.4 Å². The third kappa shape index (κ3) is 2.79. The molecule has 0 aliphatic carbocycles. The highest BCUT2D eigenvalue weighted by Crippen LogP contribution is 2.32. The van der Waals surface area contributed by atoms with Crippen LogP contribution in [0.3, 0.4) is 0 Å². The van der Waals surface area contributed by atoms with Crippen molar-refractivity contribution in [2.24, 2.45) is 0 Å². The van der Waals surface area contributed by atoms with Gasteiger partial charge in [0.2, 0.25) is 6.79 Å². The Kier molecular flexibility index (Phi) is 3.63. The van der Waals surface area contributed by atoms with Crippen molar-refractivity contribution in [2.45, 2.75) is 13.5 Å². The highest BCUT2D eigenvalue weighted by molar-refractivity contribution is 5.50. The molecular formula is C16H17NO3. The second-order valence-corrected chi connectivity index (χ2v) is 4.50. The molecule has 1 aliphatic heterocycles. The van der Waals surface area contributed by atoms with Gasteiger partial charge in [-0.15, -0.1) is 0 Å². The van der Waals surface area contributed by atoms with Crippen LogP contribution in [0.15, 0.2) is 42.5 Å². The summed E-state index contributed by atoms with van der Waals surface area (Å²) in [4.78, 5) is 0. The van der Waals surface area contributed by atoms with E-state index in [0.717, 1.165) is 35.0 Å². The van der Waals surface area contributed by atoms with E-state index in [9.17, 15) is 0 Å². The van der Waals surface area contributed by atoms with Crippen molar-refractivity contribution < 1.29 is 14.2 Å². The molecule has 4 heteroatoms. The Balaban J connectivity index is 1.65. The molecule has 0 amide bonds. The Morgan fingerprint density at radius 1 is 1.10 bits per heavy atom. The zero-order chi connectivity index (χ0) is 13.8. The quantitative estimate of drug-likeness (QED) is 0.904. The van der Waals surface area contributed by atoms with E-state index in [1.165, 1.54) is 0 Å². The van der Waals surface area contributed by atoms with E-state index in [-0.39, 0.29) is 0 Å². The largest absolute Gasteiger partial charge is 0.494 e.